The van der Waals surface area contributed by atoms with Crippen LogP contribution in [0.2, 0.25) is 5.02 Å². The van der Waals surface area contributed by atoms with Crippen LogP contribution in [0.1, 0.15) is 0 Å². The molecule has 0 aromatic heterocycles. The summed E-state index contributed by atoms with van der Waals surface area (Å²) in [6.07, 6.45) is 0. The van der Waals surface area contributed by atoms with Gasteiger partial charge in [0.15, 0.2) is 0 Å². The molecule has 1 atom stereocenters. The van der Waals surface area contributed by atoms with Crippen molar-refractivity contribution < 1.29 is 9.47 Å². The van der Waals surface area contributed by atoms with Crippen LogP contribution in [0.15, 0.2) is 36.4 Å². The average Bonchev–Trinajstić information content (AvgIpc) is 2.53. The number of nitrogens with two attached hydrogens (primary N) is 1. The smallest absolute Gasteiger partial charge is 0.144 e. The predicted octanol–water partition coefficient (Wildman–Crippen LogP) is 3.15. The number of anilines is 1. The summed E-state index contributed by atoms with van der Waals surface area (Å²) in [6, 6.07) is 11.6. The van der Waals surface area contributed by atoms with Gasteiger partial charge in [-0.05, 0) is 12.1 Å². The number of para-hydroxylation sites is 1. The van der Waals surface area contributed by atoms with Gasteiger partial charge in [-0.25, -0.2) is 0 Å². The van der Waals surface area contributed by atoms with Crippen LogP contribution < -0.4 is 20.5 Å². The molecule has 21 heavy (non-hydrogen) atoms. The van der Waals surface area contributed by atoms with Crippen LogP contribution in [0.4, 0.5) is 5.69 Å². The lowest BCUT2D eigenvalue weighted by Crippen LogP contribution is -2.37. The molecule has 0 spiro atoms. The quantitative estimate of drug-likeness (QED) is 0.914. The van der Waals surface area contributed by atoms with Crippen molar-refractivity contribution in [3.8, 4) is 22.6 Å². The Bertz CT molecular complexity index is 661. The normalized spacial score (nSPS) is 16.6. The first-order valence-electron chi connectivity index (χ1n) is 6.79. The third-order valence-corrected chi connectivity index (χ3v) is 3.76. The van der Waals surface area contributed by atoms with Gasteiger partial charge < -0.3 is 20.5 Å². The Balaban J connectivity index is 2.16. The maximum atomic E-state index is 6.22. The fourth-order valence-electron chi connectivity index (χ4n) is 2.49. The molecule has 0 fully saturated rings. The first-order chi connectivity index (χ1) is 10.2. The van der Waals surface area contributed by atoms with E-state index in [4.69, 9.17) is 26.8 Å². The lowest BCUT2D eigenvalue weighted by Gasteiger charge is -2.29. The van der Waals surface area contributed by atoms with Gasteiger partial charge in [-0.3, -0.25) is 0 Å². The summed E-state index contributed by atoms with van der Waals surface area (Å²) in [5.41, 5.74) is 8.57. The van der Waals surface area contributed by atoms with Gasteiger partial charge in [0.25, 0.3) is 0 Å². The maximum Gasteiger partial charge on any atom is 0.144 e. The van der Waals surface area contributed by atoms with Crippen LogP contribution in [0.25, 0.3) is 11.1 Å². The second kappa shape index (κ2) is 5.84. The molecule has 2 aromatic carbocycles. The summed E-state index contributed by atoms with van der Waals surface area (Å²) in [7, 11) is 1.66. The molecule has 0 amide bonds. The number of benzene rings is 2. The summed E-state index contributed by atoms with van der Waals surface area (Å²) in [5.74, 6) is 1.53. The molecule has 3 rings (SSSR count). The molecule has 0 aliphatic carbocycles. The first-order valence-corrected chi connectivity index (χ1v) is 7.17. The topological polar surface area (TPSA) is 56.5 Å². The molecule has 1 heterocycles. The van der Waals surface area contributed by atoms with E-state index in [1.165, 1.54) is 0 Å². The van der Waals surface area contributed by atoms with E-state index < -0.39 is 0 Å². The highest BCUT2D eigenvalue weighted by atomic mass is 35.5. The highest BCUT2D eigenvalue weighted by Crippen LogP contribution is 2.43. The predicted molar refractivity (Wildman–Crippen MR) is 85.4 cm³/mol. The van der Waals surface area contributed by atoms with Crippen molar-refractivity contribution >= 4 is 17.3 Å². The van der Waals surface area contributed by atoms with Crippen LogP contribution in [0.5, 0.6) is 11.5 Å². The Hall–Kier alpha value is -1.91. The molecule has 4 nitrogen and oxygen atoms in total. The van der Waals surface area contributed by atoms with Crippen molar-refractivity contribution in [1.82, 2.24) is 0 Å². The molecule has 5 heteroatoms. The zero-order chi connectivity index (χ0) is 14.8. The van der Waals surface area contributed by atoms with Crippen LogP contribution in [0.3, 0.4) is 0 Å². The Labute approximate surface area is 128 Å². The second-order valence-corrected chi connectivity index (χ2v) is 5.35. The molecule has 3 N–H and O–H groups in total. The zero-order valence-corrected chi connectivity index (χ0v) is 12.5. The molecular weight excluding hydrogens is 288 g/mol. The van der Waals surface area contributed by atoms with E-state index in [0.717, 1.165) is 28.3 Å². The molecule has 2 aromatic rings. The third-order valence-electron chi connectivity index (χ3n) is 3.54. The number of fused-ring (bicyclic) bond motifs is 1. The van der Waals surface area contributed by atoms with Crippen LogP contribution in [-0.4, -0.2) is 26.3 Å². The molecule has 1 aliphatic heterocycles. The summed E-state index contributed by atoms with van der Waals surface area (Å²) >= 11 is 6.22. The van der Waals surface area contributed by atoms with E-state index in [1.807, 2.05) is 36.4 Å². The van der Waals surface area contributed by atoms with Crippen molar-refractivity contribution in [3.05, 3.63) is 41.4 Å². The van der Waals surface area contributed by atoms with Crippen LogP contribution in [-0.2, 0) is 0 Å². The number of hydrogen-bond acceptors (Lipinski definition) is 4. The Kier molecular flexibility index (Phi) is 3.90. The first kappa shape index (κ1) is 14.0. The molecule has 0 saturated heterocycles. The van der Waals surface area contributed by atoms with E-state index in [9.17, 15) is 0 Å². The molecule has 0 saturated carbocycles. The summed E-state index contributed by atoms with van der Waals surface area (Å²) in [4.78, 5) is 0. The Morgan fingerprint density at radius 1 is 1.33 bits per heavy atom. The number of methoxy groups -OCH3 is 1. The van der Waals surface area contributed by atoms with Gasteiger partial charge in [-0.2, -0.15) is 0 Å². The largest absolute Gasteiger partial charge is 0.496 e. The van der Waals surface area contributed by atoms with Crippen LogP contribution in [0, 0.1) is 0 Å². The average molecular weight is 305 g/mol. The molecule has 0 radical (unpaired) electrons. The number of rotatable bonds is 3. The second-order valence-electron chi connectivity index (χ2n) is 4.91. The van der Waals surface area contributed by atoms with Crippen molar-refractivity contribution in [2.24, 2.45) is 5.73 Å². The monoisotopic (exact) mass is 304 g/mol. The van der Waals surface area contributed by atoms with Gasteiger partial charge >= 0.3 is 0 Å². The summed E-state index contributed by atoms with van der Waals surface area (Å²) in [6.45, 7) is 1.04. The number of ether oxygens (including phenoxy) is 2. The van der Waals surface area contributed by atoms with Gasteiger partial charge in [-0.15, -0.1) is 0 Å². The van der Waals surface area contributed by atoms with E-state index in [2.05, 4.69) is 5.32 Å². The van der Waals surface area contributed by atoms with Crippen molar-refractivity contribution in [3.63, 3.8) is 0 Å². The van der Waals surface area contributed by atoms with Gasteiger partial charge in [0.2, 0.25) is 0 Å². The summed E-state index contributed by atoms with van der Waals surface area (Å²) < 4.78 is 11.2. The molecule has 110 valence electrons. The molecule has 0 bridgehead atoms. The fraction of sp³-hybridized carbons (Fsp3) is 0.250. The third kappa shape index (κ3) is 2.64. The summed E-state index contributed by atoms with van der Waals surface area (Å²) in [5, 5.41) is 4.06. The maximum absolute atomic E-state index is 6.22. The molecule has 1 aliphatic rings. The zero-order valence-electron chi connectivity index (χ0n) is 11.7. The minimum Gasteiger partial charge on any atom is -0.496 e. The highest BCUT2D eigenvalue weighted by Gasteiger charge is 2.23. The van der Waals surface area contributed by atoms with E-state index in [1.54, 1.807) is 7.11 Å². The molecular formula is C16H17ClN2O2. The number of halogens is 1. The van der Waals surface area contributed by atoms with Crippen LogP contribution >= 0.6 is 11.6 Å². The Morgan fingerprint density at radius 2 is 2.14 bits per heavy atom. The van der Waals surface area contributed by atoms with E-state index >= 15 is 0 Å². The van der Waals surface area contributed by atoms with Gasteiger partial charge in [0, 0.05) is 28.8 Å². The van der Waals surface area contributed by atoms with E-state index in [0.29, 0.717) is 18.2 Å². The van der Waals surface area contributed by atoms with Crippen molar-refractivity contribution in [2.45, 2.75) is 6.04 Å². The van der Waals surface area contributed by atoms with Crippen molar-refractivity contribution in [1.29, 1.82) is 0 Å². The minimum atomic E-state index is 0.0899. The van der Waals surface area contributed by atoms with Gasteiger partial charge in [0.05, 0.1) is 18.8 Å². The number of hydrogen-bond donors (Lipinski definition) is 2. The Morgan fingerprint density at radius 3 is 2.90 bits per heavy atom. The molecule has 1 unspecified atom stereocenters. The number of nitrogens with one attached hydrogen (secondary N) is 1. The lowest BCUT2D eigenvalue weighted by molar-refractivity contribution is 0.287. The van der Waals surface area contributed by atoms with Crippen molar-refractivity contribution in [2.75, 3.05) is 25.6 Å². The fourth-order valence-corrected chi connectivity index (χ4v) is 2.70. The van der Waals surface area contributed by atoms with E-state index in [-0.39, 0.29) is 6.04 Å². The van der Waals surface area contributed by atoms with Gasteiger partial charge in [-0.1, -0.05) is 29.8 Å². The lowest BCUT2D eigenvalue weighted by atomic mass is 10.0. The standard InChI is InChI=1S/C16H17ClN2O2/c1-20-14-5-3-2-4-12(14)13-6-10(17)7-15-16(13)19-11(8-18)9-21-15/h2-7,11,19H,8-9,18H2,1H3. The minimum absolute atomic E-state index is 0.0899. The SMILES string of the molecule is COc1ccccc1-c1cc(Cl)cc2c1NC(CN)CO2. The highest BCUT2D eigenvalue weighted by molar-refractivity contribution is 6.31. The van der Waals surface area contributed by atoms with Gasteiger partial charge in [0.1, 0.15) is 18.1 Å².